The van der Waals surface area contributed by atoms with Crippen LogP contribution in [0, 0.1) is 5.92 Å². The van der Waals surface area contributed by atoms with Crippen LogP contribution in [0.2, 0.25) is 0 Å². The summed E-state index contributed by atoms with van der Waals surface area (Å²) in [4.78, 5) is 7.78. The number of rotatable bonds is 4. The van der Waals surface area contributed by atoms with E-state index in [4.69, 9.17) is 0 Å². The van der Waals surface area contributed by atoms with Gasteiger partial charge in [-0.3, -0.25) is 4.90 Å². The Hall–Kier alpha value is -0.540. The van der Waals surface area contributed by atoms with Gasteiger partial charge in [-0.1, -0.05) is 6.58 Å². The van der Waals surface area contributed by atoms with E-state index in [-0.39, 0.29) is 0 Å². The van der Waals surface area contributed by atoms with Crippen molar-refractivity contribution in [2.24, 2.45) is 5.92 Å². The summed E-state index contributed by atoms with van der Waals surface area (Å²) in [5.74, 6) is 0.892. The fraction of sp³-hybridized carbons (Fsp3) is 0.882. The lowest BCUT2D eigenvalue weighted by atomic mass is 9.95. The van der Waals surface area contributed by atoms with E-state index in [0.29, 0.717) is 12.1 Å². The summed E-state index contributed by atoms with van der Waals surface area (Å²) >= 11 is 0. The summed E-state index contributed by atoms with van der Waals surface area (Å²) in [5.41, 5.74) is 1.24. The lowest BCUT2D eigenvalue weighted by Crippen LogP contribution is -2.55. The van der Waals surface area contributed by atoms with Crippen molar-refractivity contribution in [1.29, 1.82) is 0 Å². The third-order valence-electron chi connectivity index (χ3n) is 5.10. The number of hydrogen-bond donors (Lipinski definition) is 0. The molecule has 0 unspecified atom stereocenters. The third-order valence-corrected chi connectivity index (χ3v) is 5.10. The molecule has 2 heterocycles. The Morgan fingerprint density at radius 3 is 2.30 bits per heavy atom. The van der Waals surface area contributed by atoms with Gasteiger partial charge in [-0.2, -0.15) is 0 Å². The first-order valence-corrected chi connectivity index (χ1v) is 8.36. The average molecular weight is 279 g/mol. The second-order valence-electron chi connectivity index (χ2n) is 7.11. The van der Waals surface area contributed by atoms with Crippen LogP contribution in [0.25, 0.3) is 0 Å². The average Bonchev–Trinajstić information content (AvgIpc) is 2.39. The molecule has 1 atom stereocenters. The van der Waals surface area contributed by atoms with Gasteiger partial charge in [0.15, 0.2) is 0 Å². The monoisotopic (exact) mass is 279 g/mol. The largest absolute Gasteiger partial charge is 0.376 e. The van der Waals surface area contributed by atoms with Gasteiger partial charge in [0, 0.05) is 57.0 Å². The van der Waals surface area contributed by atoms with E-state index < -0.39 is 0 Å². The van der Waals surface area contributed by atoms with Crippen LogP contribution < -0.4 is 0 Å². The molecule has 0 aromatic heterocycles. The van der Waals surface area contributed by atoms with Crippen molar-refractivity contribution in [2.45, 2.75) is 52.6 Å². The minimum Gasteiger partial charge on any atom is -0.376 e. The standard InChI is InChI=1S/C17H33N3/c1-14(2)19-8-6-17(7-9-19)13-18-10-11-20(15(3)4)16(5)12-18/h15-17H,1,6-13H2,2-5H3/t16-/m0/s1. The first-order chi connectivity index (χ1) is 9.47. The number of hydrogen-bond acceptors (Lipinski definition) is 3. The van der Waals surface area contributed by atoms with Crippen molar-refractivity contribution in [3.63, 3.8) is 0 Å². The molecule has 0 spiro atoms. The van der Waals surface area contributed by atoms with Crippen molar-refractivity contribution in [3.8, 4) is 0 Å². The molecule has 2 aliphatic rings. The van der Waals surface area contributed by atoms with Crippen LogP contribution in [0.4, 0.5) is 0 Å². The van der Waals surface area contributed by atoms with Gasteiger partial charge < -0.3 is 9.80 Å². The number of likely N-dealkylation sites (tertiary alicyclic amines) is 1. The van der Waals surface area contributed by atoms with E-state index in [9.17, 15) is 0 Å². The second-order valence-corrected chi connectivity index (χ2v) is 7.11. The molecule has 2 saturated heterocycles. The number of nitrogens with zero attached hydrogens (tertiary/aromatic N) is 3. The zero-order valence-electron chi connectivity index (χ0n) is 13.9. The molecule has 2 rings (SSSR count). The molecule has 116 valence electrons. The van der Waals surface area contributed by atoms with Gasteiger partial charge >= 0.3 is 0 Å². The van der Waals surface area contributed by atoms with E-state index in [1.54, 1.807) is 0 Å². The maximum Gasteiger partial charge on any atom is 0.0198 e. The van der Waals surface area contributed by atoms with Crippen LogP contribution >= 0.6 is 0 Å². The summed E-state index contributed by atoms with van der Waals surface area (Å²) in [6, 6.07) is 1.39. The molecule has 0 amide bonds. The van der Waals surface area contributed by atoms with Crippen LogP contribution in [0.3, 0.4) is 0 Å². The Morgan fingerprint density at radius 2 is 1.80 bits per heavy atom. The predicted molar refractivity (Wildman–Crippen MR) is 86.9 cm³/mol. The molecular formula is C17H33N3. The maximum absolute atomic E-state index is 4.06. The van der Waals surface area contributed by atoms with Gasteiger partial charge in [0.1, 0.15) is 0 Å². The lowest BCUT2D eigenvalue weighted by Gasteiger charge is -2.44. The zero-order valence-corrected chi connectivity index (χ0v) is 13.9. The van der Waals surface area contributed by atoms with Crippen LogP contribution in [0.5, 0.6) is 0 Å². The summed E-state index contributed by atoms with van der Waals surface area (Å²) in [5, 5.41) is 0. The zero-order chi connectivity index (χ0) is 14.7. The van der Waals surface area contributed by atoms with Gasteiger partial charge in [-0.25, -0.2) is 0 Å². The molecular weight excluding hydrogens is 246 g/mol. The highest BCUT2D eigenvalue weighted by Gasteiger charge is 2.28. The Labute approximate surface area is 125 Å². The van der Waals surface area contributed by atoms with Gasteiger partial charge in [-0.05, 0) is 46.5 Å². The molecule has 3 nitrogen and oxygen atoms in total. The van der Waals surface area contributed by atoms with Crippen LogP contribution in [0.15, 0.2) is 12.3 Å². The van der Waals surface area contributed by atoms with E-state index in [0.717, 1.165) is 5.92 Å². The lowest BCUT2D eigenvalue weighted by molar-refractivity contribution is 0.0456. The molecule has 0 aliphatic carbocycles. The fourth-order valence-electron chi connectivity index (χ4n) is 3.84. The predicted octanol–water partition coefficient (Wildman–Crippen LogP) is 2.65. The van der Waals surface area contributed by atoms with Crippen molar-refractivity contribution < 1.29 is 0 Å². The van der Waals surface area contributed by atoms with Crippen molar-refractivity contribution >= 4 is 0 Å². The van der Waals surface area contributed by atoms with Crippen LogP contribution in [0.1, 0.15) is 40.5 Å². The normalized spacial score (nSPS) is 27.2. The summed E-state index contributed by atoms with van der Waals surface area (Å²) < 4.78 is 0. The molecule has 0 aromatic carbocycles. The first-order valence-electron chi connectivity index (χ1n) is 8.36. The third kappa shape index (κ3) is 3.98. The van der Waals surface area contributed by atoms with E-state index >= 15 is 0 Å². The number of piperazine rings is 1. The van der Waals surface area contributed by atoms with Gasteiger partial charge in [-0.15, -0.1) is 0 Å². The molecule has 2 aliphatic heterocycles. The molecule has 0 radical (unpaired) electrons. The van der Waals surface area contributed by atoms with Gasteiger partial charge in [0.05, 0.1) is 0 Å². The van der Waals surface area contributed by atoms with Crippen molar-refractivity contribution in [3.05, 3.63) is 12.3 Å². The summed E-state index contributed by atoms with van der Waals surface area (Å²) in [7, 11) is 0. The molecule has 0 bridgehead atoms. The smallest absolute Gasteiger partial charge is 0.0198 e. The highest BCUT2D eigenvalue weighted by Crippen LogP contribution is 2.22. The number of allylic oxidation sites excluding steroid dienone is 1. The number of piperidine rings is 1. The first kappa shape index (κ1) is 15.8. The van der Waals surface area contributed by atoms with E-state index in [1.165, 1.54) is 57.8 Å². The Balaban J connectivity index is 1.74. The van der Waals surface area contributed by atoms with Crippen LogP contribution in [-0.2, 0) is 0 Å². The van der Waals surface area contributed by atoms with Crippen molar-refractivity contribution in [1.82, 2.24) is 14.7 Å². The van der Waals surface area contributed by atoms with E-state index in [2.05, 4.69) is 49.0 Å². The SMILES string of the molecule is C=C(C)N1CCC(CN2CCN(C(C)C)[C@@H](C)C2)CC1. The molecule has 20 heavy (non-hydrogen) atoms. The molecule has 0 saturated carbocycles. The summed E-state index contributed by atoms with van der Waals surface area (Å²) in [6.45, 7) is 20.7. The minimum atomic E-state index is 0.686. The Kier molecular flexibility index (Phi) is 5.50. The molecule has 0 N–H and O–H groups in total. The fourth-order valence-corrected chi connectivity index (χ4v) is 3.84. The highest BCUT2D eigenvalue weighted by molar-refractivity contribution is 4.92. The minimum absolute atomic E-state index is 0.686. The van der Waals surface area contributed by atoms with Crippen molar-refractivity contribution in [2.75, 3.05) is 39.3 Å². The second kappa shape index (κ2) is 6.95. The van der Waals surface area contributed by atoms with E-state index in [1.807, 2.05) is 0 Å². The highest BCUT2D eigenvalue weighted by atomic mass is 15.3. The summed E-state index contributed by atoms with van der Waals surface area (Å²) in [6.07, 6.45) is 2.68. The van der Waals surface area contributed by atoms with Gasteiger partial charge in [0.25, 0.3) is 0 Å². The molecule has 3 heteroatoms. The topological polar surface area (TPSA) is 9.72 Å². The Bertz CT molecular complexity index is 318. The molecule has 2 fully saturated rings. The quantitative estimate of drug-likeness (QED) is 0.783. The maximum atomic E-state index is 4.06. The Morgan fingerprint density at radius 1 is 1.15 bits per heavy atom. The van der Waals surface area contributed by atoms with Gasteiger partial charge in [0.2, 0.25) is 0 Å². The van der Waals surface area contributed by atoms with Crippen LogP contribution in [-0.4, -0.2) is 66.1 Å². The molecule has 0 aromatic rings.